The van der Waals surface area contributed by atoms with Gasteiger partial charge < -0.3 is 20.1 Å². The van der Waals surface area contributed by atoms with E-state index in [2.05, 4.69) is 32.6 Å². The summed E-state index contributed by atoms with van der Waals surface area (Å²) >= 11 is 0. The largest absolute Gasteiger partial charge is 0.381 e. The Kier molecular flexibility index (Phi) is 8.54. The molecule has 0 radical (unpaired) electrons. The van der Waals surface area contributed by atoms with Crippen LogP contribution in [0, 0.1) is 5.92 Å². The molecule has 0 saturated carbocycles. The molecule has 1 aliphatic heterocycles. The molecule has 1 aliphatic rings. The van der Waals surface area contributed by atoms with Crippen molar-refractivity contribution in [3.8, 4) is 0 Å². The predicted molar refractivity (Wildman–Crippen MR) is 92.8 cm³/mol. The van der Waals surface area contributed by atoms with Crippen molar-refractivity contribution in [2.75, 3.05) is 39.5 Å². The van der Waals surface area contributed by atoms with Crippen molar-refractivity contribution in [2.45, 2.75) is 32.7 Å². The van der Waals surface area contributed by atoms with Crippen molar-refractivity contribution in [1.82, 2.24) is 25.4 Å². The van der Waals surface area contributed by atoms with Gasteiger partial charge in [-0.2, -0.15) is 5.10 Å². The van der Waals surface area contributed by atoms with Crippen LogP contribution in [0.15, 0.2) is 11.3 Å². The zero-order chi connectivity index (χ0) is 17.0. The molecule has 2 N–H and O–H groups in total. The van der Waals surface area contributed by atoms with Crippen LogP contribution in [0.25, 0.3) is 0 Å². The summed E-state index contributed by atoms with van der Waals surface area (Å²) in [5, 5.41) is 10.6. The van der Waals surface area contributed by atoms with E-state index in [1.54, 1.807) is 11.0 Å². The third-order valence-electron chi connectivity index (χ3n) is 3.98. The van der Waals surface area contributed by atoms with E-state index in [4.69, 9.17) is 9.47 Å². The van der Waals surface area contributed by atoms with E-state index in [1.165, 1.54) is 0 Å². The number of aliphatic imine (C=N–C) groups is 1. The number of guanidine groups is 1. The lowest BCUT2D eigenvalue weighted by Gasteiger charge is -2.21. The molecule has 136 valence electrons. The maximum atomic E-state index is 5.77. The molecule has 0 spiro atoms. The fourth-order valence-electron chi connectivity index (χ4n) is 2.50. The topological polar surface area (TPSA) is 85.6 Å². The quantitative estimate of drug-likeness (QED) is 0.392. The van der Waals surface area contributed by atoms with Gasteiger partial charge in [-0.1, -0.05) is 0 Å². The van der Waals surface area contributed by atoms with E-state index in [0.717, 1.165) is 70.6 Å². The Morgan fingerprint density at radius 3 is 2.96 bits per heavy atom. The van der Waals surface area contributed by atoms with Gasteiger partial charge in [-0.15, -0.1) is 0 Å². The lowest BCUT2D eigenvalue weighted by Crippen LogP contribution is -2.38. The Morgan fingerprint density at radius 2 is 2.25 bits per heavy atom. The first kappa shape index (κ1) is 18.7. The van der Waals surface area contributed by atoms with E-state index in [1.807, 2.05) is 7.05 Å². The first-order valence-corrected chi connectivity index (χ1v) is 8.80. The Bertz CT molecular complexity index is 485. The van der Waals surface area contributed by atoms with Crippen molar-refractivity contribution in [1.29, 1.82) is 0 Å². The molecule has 2 heterocycles. The molecule has 2 rings (SSSR count). The highest BCUT2D eigenvalue weighted by atomic mass is 16.5. The number of hydrogen-bond acceptors (Lipinski definition) is 5. The molecule has 8 heteroatoms. The van der Waals surface area contributed by atoms with Gasteiger partial charge in [0.05, 0.1) is 0 Å². The number of nitrogens with one attached hydrogen (secondary N) is 2. The number of nitrogens with zero attached hydrogens (tertiary/aromatic N) is 4. The van der Waals surface area contributed by atoms with Gasteiger partial charge in [0.2, 0.25) is 0 Å². The fraction of sp³-hybridized carbons (Fsp3) is 0.812. The molecule has 0 unspecified atom stereocenters. The lowest BCUT2D eigenvalue weighted by atomic mass is 10.0. The standard InChI is InChI=1S/C16H30N6O2/c1-3-17-16(19-11-15-20-13-21-22(15)2)18-7-4-8-24-12-14-5-9-23-10-6-14/h13-14H,3-12H2,1-2H3,(H2,17,18,19). The van der Waals surface area contributed by atoms with Crippen LogP contribution in [0.5, 0.6) is 0 Å². The highest BCUT2D eigenvalue weighted by Gasteiger charge is 2.13. The van der Waals surface area contributed by atoms with Gasteiger partial charge in [0.25, 0.3) is 0 Å². The summed E-state index contributed by atoms with van der Waals surface area (Å²) < 4.78 is 12.9. The monoisotopic (exact) mass is 338 g/mol. The third kappa shape index (κ3) is 6.84. The maximum Gasteiger partial charge on any atom is 0.191 e. The lowest BCUT2D eigenvalue weighted by molar-refractivity contribution is 0.0203. The number of rotatable bonds is 9. The molecule has 1 fully saturated rings. The molecule has 0 bridgehead atoms. The van der Waals surface area contributed by atoms with Crippen molar-refractivity contribution >= 4 is 5.96 Å². The molecule has 0 aliphatic carbocycles. The van der Waals surface area contributed by atoms with Gasteiger partial charge in [0.15, 0.2) is 5.96 Å². The van der Waals surface area contributed by atoms with E-state index in [-0.39, 0.29) is 0 Å². The van der Waals surface area contributed by atoms with Crippen molar-refractivity contribution in [3.63, 3.8) is 0 Å². The molecular weight excluding hydrogens is 308 g/mol. The van der Waals surface area contributed by atoms with Crippen molar-refractivity contribution in [2.24, 2.45) is 18.0 Å². The van der Waals surface area contributed by atoms with E-state index in [9.17, 15) is 0 Å². The summed E-state index contributed by atoms with van der Waals surface area (Å²) in [6.07, 6.45) is 4.74. The molecule has 24 heavy (non-hydrogen) atoms. The van der Waals surface area contributed by atoms with Crippen LogP contribution in [0.1, 0.15) is 32.0 Å². The first-order valence-electron chi connectivity index (χ1n) is 8.80. The second kappa shape index (κ2) is 11.0. The average molecular weight is 338 g/mol. The SMILES string of the molecule is CCNC(=NCc1ncnn1C)NCCCOCC1CCOCC1. The molecule has 1 aromatic rings. The molecule has 8 nitrogen and oxygen atoms in total. The van der Waals surface area contributed by atoms with Crippen molar-refractivity contribution < 1.29 is 9.47 Å². The number of aryl methyl sites for hydroxylation is 1. The van der Waals surface area contributed by atoms with Gasteiger partial charge in [0.1, 0.15) is 18.7 Å². The minimum absolute atomic E-state index is 0.506. The Balaban J connectivity index is 1.59. The Hall–Kier alpha value is -1.67. The van der Waals surface area contributed by atoms with E-state index < -0.39 is 0 Å². The predicted octanol–water partition coefficient (Wildman–Crippen LogP) is 0.704. The minimum atomic E-state index is 0.506. The molecule has 0 aromatic carbocycles. The second-order valence-corrected chi connectivity index (χ2v) is 5.91. The summed E-state index contributed by atoms with van der Waals surface area (Å²) in [5.74, 6) is 2.30. The van der Waals surface area contributed by atoms with E-state index in [0.29, 0.717) is 12.5 Å². The van der Waals surface area contributed by atoms with Gasteiger partial charge in [-0.25, -0.2) is 9.98 Å². The maximum absolute atomic E-state index is 5.77. The molecule has 1 aromatic heterocycles. The van der Waals surface area contributed by atoms with Crippen LogP contribution in [0.3, 0.4) is 0 Å². The zero-order valence-corrected chi connectivity index (χ0v) is 14.8. The van der Waals surface area contributed by atoms with E-state index >= 15 is 0 Å². The van der Waals surface area contributed by atoms with Gasteiger partial charge in [0, 0.05) is 46.6 Å². The Labute approximate surface area is 144 Å². The summed E-state index contributed by atoms with van der Waals surface area (Å²) in [7, 11) is 1.87. The van der Waals surface area contributed by atoms with Gasteiger partial charge in [-0.3, -0.25) is 4.68 Å². The summed E-state index contributed by atoms with van der Waals surface area (Å²) in [6, 6.07) is 0. The molecule has 0 atom stereocenters. The highest BCUT2D eigenvalue weighted by Crippen LogP contribution is 2.14. The van der Waals surface area contributed by atoms with Crippen LogP contribution in [-0.4, -0.2) is 60.2 Å². The highest BCUT2D eigenvalue weighted by molar-refractivity contribution is 5.79. The molecular formula is C16H30N6O2. The summed E-state index contributed by atoms with van der Waals surface area (Å²) in [6.45, 7) is 7.59. The minimum Gasteiger partial charge on any atom is -0.381 e. The zero-order valence-electron chi connectivity index (χ0n) is 14.8. The molecule has 1 saturated heterocycles. The smallest absolute Gasteiger partial charge is 0.191 e. The van der Waals surface area contributed by atoms with Crippen LogP contribution in [-0.2, 0) is 23.1 Å². The van der Waals surface area contributed by atoms with Gasteiger partial charge in [-0.05, 0) is 32.1 Å². The second-order valence-electron chi connectivity index (χ2n) is 5.91. The number of ether oxygens (including phenoxy) is 2. The van der Waals surface area contributed by atoms with Crippen LogP contribution in [0.4, 0.5) is 0 Å². The van der Waals surface area contributed by atoms with Crippen molar-refractivity contribution in [3.05, 3.63) is 12.2 Å². The average Bonchev–Trinajstić information content (AvgIpc) is 3.01. The fourth-order valence-corrected chi connectivity index (χ4v) is 2.50. The first-order chi connectivity index (χ1) is 11.8. The van der Waals surface area contributed by atoms with Gasteiger partial charge >= 0.3 is 0 Å². The van der Waals surface area contributed by atoms with Crippen LogP contribution in [0.2, 0.25) is 0 Å². The number of aromatic nitrogens is 3. The summed E-state index contributed by atoms with van der Waals surface area (Å²) in [4.78, 5) is 8.70. The van der Waals surface area contributed by atoms with Crippen LogP contribution < -0.4 is 10.6 Å². The number of hydrogen-bond donors (Lipinski definition) is 2. The third-order valence-corrected chi connectivity index (χ3v) is 3.98. The normalized spacial score (nSPS) is 16.3. The molecule has 0 amide bonds. The summed E-state index contributed by atoms with van der Waals surface area (Å²) in [5.41, 5.74) is 0. The Morgan fingerprint density at radius 1 is 1.42 bits per heavy atom. The van der Waals surface area contributed by atoms with Crippen LogP contribution >= 0.6 is 0 Å².